The van der Waals surface area contributed by atoms with E-state index in [1.165, 1.54) is 23.9 Å². The van der Waals surface area contributed by atoms with Crippen LogP contribution in [0.5, 0.6) is 0 Å². The van der Waals surface area contributed by atoms with Gasteiger partial charge in [0.15, 0.2) is 0 Å². The van der Waals surface area contributed by atoms with Crippen LogP contribution in [0.2, 0.25) is 5.02 Å². The molecule has 0 spiro atoms. The molecular weight excluding hydrogens is 937 g/mol. The number of amides is 1. The molecule has 0 aliphatic carbocycles. The average molecular weight is 988 g/mol. The Kier molecular flexibility index (Phi) is 16.1. The van der Waals surface area contributed by atoms with E-state index in [4.69, 9.17) is 16.3 Å². The zero-order valence-corrected chi connectivity index (χ0v) is 38.8. The van der Waals surface area contributed by atoms with Gasteiger partial charge in [0.25, 0.3) is 25.8 Å². The quantitative estimate of drug-likeness (QED) is 0.0665. The zero-order chi connectivity index (χ0) is 47.1. The number of ether oxygens (including phenoxy) is 1. The smallest absolute Gasteiger partial charge is 0.394 e. The molecule has 0 aromatic heterocycles. The van der Waals surface area contributed by atoms with Crippen molar-refractivity contribution < 1.29 is 49.8 Å². The van der Waals surface area contributed by atoms with Gasteiger partial charge in [0.2, 0.25) is 0 Å². The van der Waals surface area contributed by atoms with Crippen molar-refractivity contribution in [2.45, 2.75) is 57.7 Å². The highest BCUT2D eigenvalue weighted by Gasteiger charge is 2.48. The lowest BCUT2D eigenvalue weighted by Crippen LogP contribution is -2.45. The number of hydrogen-bond acceptors (Lipinski definition) is 12. The van der Waals surface area contributed by atoms with Crippen LogP contribution in [-0.4, -0.2) is 107 Å². The van der Waals surface area contributed by atoms with Crippen molar-refractivity contribution in [2.24, 2.45) is 5.92 Å². The number of benzene rings is 5. The average Bonchev–Trinajstić information content (AvgIpc) is 3.32. The van der Waals surface area contributed by atoms with E-state index in [2.05, 4.69) is 10.2 Å². The first-order valence-corrected chi connectivity index (χ1v) is 25.6. The van der Waals surface area contributed by atoms with Gasteiger partial charge >= 0.3 is 5.51 Å². The Balaban J connectivity index is 1.03. The second kappa shape index (κ2) is 21.5. The van der Waals surface area contributed by atoms with Gasteiger partial charge in [0.1, 0.15) is 4.90 Å². The summed E-state index contributed by atoms with van der Waals surface area (Å²) in [5.74, 6) is -0.793. The maximum atomic E-state index is 14.2. The standard InChI is InChI=1S/C47H50ClF3N4O8S3/c48-35-14-10-32(11-15-35)41-8-4-5-9-42(41)45(57)33-20-24-55(25-21-33)37-16-12-34(13-17-37)46(58)53-66(61,62)40-18-19-43(44(28-40)65(59,60)47(49,50)51)52-36(31-64-39-6-2-1-3-7-39)22-23-54-26-27-63-38(29-54)30-56/h1-19,28,33,36,38,45,52,56-57H,20-27,29-31H2,(H,53,58)/t36-,38+,45-/m0/s1. The van der Waals surface area contributed by atoms with E-state index in [1.54, 1.807) is 12.1 Å². The fourth-order valence-corrected chi connectivity index (χ4v) is 11.3. The lowest BCUT2D eigenvalue weighted by molar-refractivity contribution is -0.0529. The minimum Gasteiger partial charge on any atom is -0.394 e. The Morgan fingerprint density at radius 2 is 1.56 bits per heavy atom. The summed E-state index contributed by atoms with van der Waals surface area (Å²) in [6, 6.07) is 32.3. The third-order valence-electron chi connectivity index (χ3n) is 11.8. The first kappa shape index (κ1) is 49.3. The minimum atomic E-state index is -6.11. The van der Waals surface area contributed by atoms with E-state index in [1.807, 2.05) is 88.5 Å². The van der Waals surface area contributed by atoms with Gasteiger partial charge in [-0.1, -0.05) is 66.2 Å². The molecule has 5 aromatic carbocycles. The first-order chi connectivity index (χ1) is 31.5. The van der Waals surface area contributed by atoms with E-state index in [0.717, 1.165) is 39.4 Å². The number of anilines is 2. The normalized spacial score (nSPS) is 17.5. The summed E-state index contributed by atoms with van der Waals surface area (Å²) in [6.45, 7) is 2.83. The second-order valence-electron chi connectivity index (χ2n) is 16.2. The number of nitrogens with zero attached hydrogens (tertiary/aromatic N) is 2. The molecule has 7 rings (SSSR count). The Labute approximate surface area is 392 Å². The van der Waals surface area contributed by atoms with Crippen molar-refractivity contribution in [3.05, 3.63) is 137 Å². The Morgan fingerprint density at radius 3 is 2.24 bits per heavy atom. The summed E-state index contributed by atoms with van der Waals surface area (Å²) < 4.78 is 103. The first-order valence-electron chi connectivity index (χ1n) is 21.3. The molecule has 2 heterocycles. The van der Waals surface area contributed by atoms with Crippen LogP contribution in [0.3, 0.4) is 0 Å². The molecule has 0 bridgehead atoms. The van der Waals surface area contributed by atoms with Crippen LogP contribution in [0.1, 0.15) is 41.3 Å². The Hall–Kier alpha value is -4.66. The molecular formula is C47H50ClF3N4O8S3. The molecule has 2 aliphatic rings. The number of nitrogens with one attached hydrogen (secondary N) is 2. The number of halogens is 4. The molecule has 66 heavy (non-hydrogen) atoms. The lowest BCUT2D eigenvalue weighted by atomic mass is 9.84. The number of thioether (sulfide) groups is 1. The number of hydrogen-bond donors (Lipinski definition) is 4. The van der Waals surface area contributed by atoms with Crippen LogP contribution in [0.25, 0.3) is 11.1 Å². The number of piperidine rings is 1. The van der Waals surface area contributed by atoms with Crippen molar-refractivity contribution in [2.75, 3.05) is 61.9 Å². The number of sulfonamides is 1. The predicted molar refractivity (Wildman–Crippen MR) is 250 cm³/mol. The topological polar surface area (TPSA) is 166 Å². The number of carbonyl (C=O) groups excluding carboxylic acids is 1. The maximum Gasteiger partial charge on any atom is 0.501 e. The SMILES string of the molecule is O=C(NS(=O)(=O)c1ccc(N[C@@H](CCN2CCO[C@@H](CO)C2)CSc2ccccc2)c(S(=O)(=O)C(F)(F)F)c1)c1ccc(N2CCC([C@H](O)c3ccccc3-c3ccc(Cl)cc3)CC2)cc1. The summed E-state index contributed by atoms with van der Waals surface area (Å²) >= 11 is 7.50. The summed E-state index contributed by atoms with van der Waals surface area (Å²) in [7, 11) is -11.0. The highest BCUT2D eigenvalue weighted by atomic mass is 35.5. The molecule has 2 aliphatic heterocycles. The van der Waals surface area contributed by atoms with E-state index in [-0.39, 0.29) is 18.1 Å². The number of aliphatic hydroxyl groups is 2. The molecule has 0 radical (unpaired) electrons. The van der Waals surface area contributed by atoms with Crippen LogP contribution in [-0.2, 0) is 24.6 Å². The highest BCUT2D eigenvalue weighted by molar-refractivity contribution is 7.99. The molecule has 0 unspecified atom stereocenters. The molecule has 0 saturated carbocycles. The lowest BCUT2D eigenvalue weighted by Gasteiger charge is -2.36. The monoisotopic (exact) mass is 986 g/mol. The van der Waals surface area contributed by atoms with Crippen molar-refractivity contribution in [1.82, 2.24) is 9.62 Å². The largest absolute Gasteiger partial charge is 0.501 e. The van der Waals surface area contributed by atoms with E-state index in [0.29, 0.717) is 75.4 Å². The summed E-state index contributed by atoms with van der Waals surface area (Å²) in [4.78, 5) is 16.2. The Bertz CT molecular complexity index is 2660. The number of carbonyl (C=O) groups is 1. The van der Waals surface area contributed by atoms with Crippen molar-refractivity contribution in [1.29, 1.82) is 0 Å². The van der Waals surface area contributed by atoms with Gasteiger partial charge in [-0.25, -0.2) is 21.6 Å². The van der Waals surface area contributed by atoms with Crippen molar-refractivity contribution >= 4 is 60.5 Å². The number of morpholine rings is 1. The molecule has 12 nitrogen and oxygen atoms in total. The fourth-order valence-electron chi connectivity index (χ4n) is 8.14. The van der Waals surface area contributed by atoms with Gasteiger partial charge in [-0.15, -0.1) is 11.8 Å². The zero-order valence-electron chi connectivity index (χ0n) is 35.6. The van der Waals surface area contributed by atoms with Crippen LogP contribution < -0.4 is 14.9 Å². The van der Waals surface area contributed by atoms with Crippen LogP contribution in [0.4, 0.5) is 24.5 Å². The number of aliphatic hydroxyl groups excluding tert-OH is 2. The third-order valence-corrected chi connectivity index (χ3v) is 16.1. The molecule has 352 valence electrons. The fraction of sp³-hybridized carbons (Fsp3) is 0.340. The summed E-state index contributed by atoms with van der Waals surface area (Å²) in [5.41, 5.74) is -2.84. The second-order valence-corrected chi connectivity index (χ2v) is 21.3. The van der Waals surface area contributed by atoms with Gasteiger partial charge in [-0.05, 0) is 109 Å². The predicted octanol–water partition coefficient (Wildman–Crippen LogP) is 8.03. The van der Waals surface area contributed by atoms with Crippen molar-refractivity contribution in [3.8, 4) is 11.1 Å². The van der Waals surface area contributed by atoms with Gasteiger partial charge in [-0.3, -0.25) is 9.69 Å². The summed E-state index contributed by atoms with van der Waals surface area (Å²) in [5, 5.41) is 24.7. The molecule has 5 aromatic rings. The summed E-state index contributed by atoms with van der Waals surface area (Å²) in [6.07, 6.45) is 0.585. The third kappa shape index (κ3) is 12.1. The molecule has 3 atom stereocenters. The minimum absolute atomic E-state index is 0.0249. The van der Waals surface area contributed by atoms with E-state index in [9.17, 15) is 45.0 Å². The molecule has 4 N–H and O–H groups in total. The molecule has 1 amide bonds. The van der Waals surface area contributed by atoms with Crippen molar-refractivity contribution in [3.63, 3.8) is 0 Å². The number of alkyl halides is 3. The Morgan fingerprint density at radius 1 is 0.879 bits per heavy atom. The molecule has 2 fully saturated rings. The van der Waals surface area contributed by atoms with E-state index >= 15 is 0 Å². The molecule has 2 saturated heterocycles. The van der Waals surface area contributed by atoms with Gasteiger partial charge < -0.3 is 25.2 Å². The van der Waals surface area contributed by atoms with Crippen LogP contribution >= 0.6 is 23.4 Å². The van der Waals surface area contributed by atoms with Gasteiger partial charge in [-0.2, -0.15) is 13.2 Å². The van der Waals surface area contributed by atoms with Gasteiger partial charge in [0.05, 0.1) is 36.0 Å². The van der Waals surface area contributed by atoms with Crippen LogP contribution in [0, 0.1) is 5.92 Å². The number of sulfone groups is 1. The van der Waals surface area contributed by atoms with E-state index < -0.39 is 65.0 Å². The maximum absolute atomic E-state index is 14.2. The molecule has 19 heteroatoms. The number of rotatable bonds is 17. The highest BCUT2D eigenvalue weighted by Crippen LogP contribution is 2.39. The van der Waals surface area contributed by atoms with Gasteiger partial charge in [0, 0.05) is 65.7 Å². The van der Waals surface area contributed by atoms with Crippen LogP contribution in [0.15, 0.2) is 136 Å².